The first-order valence-electron chi connectivity index (χ1n) is 11.4. The Morgan fingerprint density at radius 2 is 1.15 bits per heavy atom. The fourth-order valence-electron chi connectivity index (χ4n) is 3.43. The van der Waals surface area contributed by atoms with Gasteiger partial charge in [0.1, 0.15) is 0 Å². The summed E-state index contributed by atoms with van der Waals surface area (Å²) in [4.78, 5) is 1.17. The zero-order valence-corrected chi connectivity index (χ0v) is 19.1. The Labute approximate surface area is 178 Å². The van der Waals surface area contributed by atoms with Crippen molar-refractivity contribution in [3.63, 3.8) is 0 Å². The third-order valence-electron chi connectivity index (χ3n) is 5.20. The maximum atomic E-state index is 7.72. The molecule has 1 rings (SSSR count). The van der Waals surface area contributed by atoms with Crippen molar-refractivity contribution in [1.29, 1.82) is 0 Å². The fourth-order valence-corrected chi connectivity index (χ4v) is 4.50. The van der Waals surface area contributed by atoms with Gasteiger partial charge in [-0.15, -0.1) is 11.8 Å². The van der Waals surface area contributed by atoms with Gasteiger partial charge in [-0.2, -0.15) is 0 Å². The maximum Gasteiger partial charge on any atom is 0.0737 e. The minimum atomic E-state index is 0.439. The molecule has 0 aliphatic carbocycles. The highest BCUT2D eigenvalue weighted by Crippen LogP contribution is 2.27. The lowest BCUT2D eigenvalue weighted by atomic mass is 10.0. The van der Waals surface area contributed by atoms with Crippen LogP contribution in [0.25, 0.3) is 0 Å². The van der Waals surface area contributed by atoms with Crippen LogP contribution in [-0.2, 0) is 0 Å². The van der Waals surface area contributed by atoms with E-state index < -0.39 is 0 Å². The molecule has 155 valence electrons. The van der Waals surface area contributed by atoms with E-state index in [2.05, 4.69) is 6.92 Å². The second-order valence-electron chi connectivity index (χ2n) is 7.79. The molecule has 0 spiro atoms. The number of hydrogen-bond donors (Lipinski definition) is 0. The molecule has 27 heavy (non-hydrogen) atoms. The molecule has 0 amide bonds. The lowest BCUT2D eigenvalue weighted by molar-refractivity contribution is 0.531. The van der Waals surface area contributed by atoms with Crippen LogP contribution in [0.3, 0.4) is 0 Å². The minimum Gasteiger partial charge on any atom is -0.299 e. The molecule has 1 nitrogen and oxygen atoms in total. The monoisotopic (exact) mass is 410 g/mol. The first-order chi connectivity index (χ1) is 13.2. The van der Waals surface area contributed by atoms with Gasteiger partial charge < -0.3 is 0 Å². The molecular formula is C24H41ClNS. The molecule has 1 aromatic rings. The minimum absolute atomic E-state index is 0.439. The van der Waals surface area contributed by atoms with Crippen molar-refractivity contribution in [3.8, 4) is 0 Å². The predicted molar refractivity (Wildman–Crippen MR) is 124 cm³/mol. The summed E-state index contributed by atoms with van der Waals surface area (Å²) < 4.78 is 0. The number of thioether (sulfide) groups is 1. The number of unbranched alkanes of at least 4 members (excludes halogenated alkanes) is 15. The number of benzene rings is 1. The van der Waals surface area contributed by atoms with E-state index in [1.165, 1.54) is 108 Å². The molecule has 3 heteroatoms. The molecule has 0 heterocycles. The highest BCUT2D eigenvalue weighted by molar-refractivity contribution is 7.99. The van der Waals surface area contributed by atoms with Crippen molar-refractivity contribution in [2.75, 3.05) is 5.75 Å². The molecule has 0 saturated carbocycles. The second-order valence-corrected chi connectivity index (χ2v) is 9.37. The Hall–Kier alpha value is -0.340. The van der Waals surface area contributed by atoms with E-state index in [1.54, 1.807) is 0 Å². The van der Waals surface area contributed by atoms with E-state index in [9.17, 15) is 0 Å². The molecule has 0 unspecified atom stereocenters. The normalized spacial score (nSPS) is 11.2. The van der Waals surface area contributed by atoms with Gasteiger partial charge in [-0.1, -0.05) is 115 Å². The van der Waals surface area contributed by atoms with Crippen LogP contribution in [0, 0.1) is 0 Å². The molecule has 0 fully saturated rings. The quantitative estimate of drug-likeness (QED) is 0.174. The molecule has 0 aliphatic heterocycles. The van der Waals surface area contributed by atoms with Crippen LogP contribution in [0.4, 0.5) is 5.69 Å². The van der Waals surface area contributed by atoms with Gasteiger partial charge in [0.2, 0.25) is 0 Å². The fraction of sp³-hybridized carbons (Fsp3) is 0.750. The smallest absolute Gasteiger partial charge is 0.0737 e. The average molecular weight is 411 g/mol. The summed E-state index contributed by atoms with van der Waals surface area (Å²) in [5.41, 5.74) is 8.16. The van der Waals surface area contributed by atoms with Crippen molar-refractivity contribution in [2.24, 2.45) is 0 Å². The molecule has 0 aromatic heterocycles. The summed E-state index contributed by atoms with van der Waals surface area (Å²) in [6, 6.07) is 5.73. The summed E-state index contributed by atoms with van der Waals surface area (Å²) in [5, 5.41) is 0.543. The van der Waals surface area contributed by atoms with E-state index in [0.717, 1.165) is 5.75 Å². The second kappa shape index (κ2) is 17.7. The van der Waals surface area contributed by atoms with Crippen molar-refractivity contribution < 1.29 is 0 Å². The van der Waals surface area contributed by atoms with Crippen molar-refractivity contribution >= 4 is 29.1 Å². The van der Waals surface area contributed by atoms with Gasteiger partial charge in [0.15, 0.2) is 0 Å². The Bertz CT molecular complexity index is 464. The number of nitrogens with one attached hydrogen (secondary N) is 1. The first kappa shape index (κ1) is 24.7. The summed E-state index contributed by atoms with van der Waals surface area (Å²) in [6.45, 7) is 2.29. The van der Waals surface area contributed by atoms with E-state index in [4.69, 9.17) is 17.3 Å². The Morgan fingerprint density at radius 1 is 0.704 bits per heavy atom. The van der Waals surface area contributed by atoms with Gasteiger partial charge in [0.25, 0.3) is 0 Å². The molecular weight excluding hydrogens is 370 g/mol. The topological polar surface area (TPSA) is 23.8 Å². The third kappa shape index (κ3) is 14.3. The van der Waals surface area contributed by atoms with Crippen LogP contribution < -0.4 is 5.73 Å². The molecule has 0 bridgehead atoms. The van der Waals surface area contributed by atoms with Gasteiger partial charge in [-0.3, -0.25) is 5.73 Å². The van der Waals surface area contributed by atoms with Crippen LogP contribution in [0.2, 0.25) is 5.02 Å². The summed E-state index contributed by atoms with van der Waals surface area (Å²) in [7, 11) is 0. The molecule has 1 N–H and O–H groups in total. The lowest BCUT2D eigenvalue weighted by Crippen LogP contribution is -1.85. The maximum absolute atomic E-state index is 7.72. The number of halogens is 1. The van der Waals surface area contributed by atoms with Gasteiger partial charge in [-0.05, 0) is 30.4 Å². The van der Waals surface area contributed by atoms with Crippen LogP contribution >= 0.6 is 23.4 Å². The van der Waals surface area contributed by atoms with Crippen molar-refractivity contribution in [1.82, 2.24) is 5.73 Å². The number of hydrogen-bond acceptors (Lipinski definition) is 1. The third-order valence-corrected chi connectivity index (χ3v) is 6.61. The standard InChI is InChI=1S/C24H41ClNS/c1-2-3-4-5-6-7-8-9-10-11-12-13-14-15-16-17-20-27-22-18-19-23(25)24(26)21-22/h18-19,21,26H,2-17,20H2,1H3. The van der Waals surface area contributed by atoms with Gasteiger partial charge in [-0.25, -0.2) is 0 Å². The van der Waals surface area contributed by atoms with Crippen LogP contribution in [0.5, 0.6) is 0 Å². The summed E-state index contributed by atoms with van der Waals surface area (Å²) in [6.07, 6.45) is 22.7. The molecule has 1 radical (unpaired) electrons. The highest BCUT2D eigenvalue weighted by Gasteiger charge is 2.00. The van der Waals surface area contributed by atoms with E-state index in [0.29, 0.717) is 10.7 Å². The number of rotatable bonds is 18. The highest BCUT2D eigenvalue weighted by atomic mass is 35.5. The summed E-state index contributed by atoms with van der Waals surface area (Å²) >= 11 is 7.74. The van der Waals surface area contributed by atoms with Gasteiger partial charge in [0, 0.05) is 4.90 Å². The van der Waals surface area contributed by atoms with E-state index in [-0.39, 0.29) is 0 Å². The Balaban J connectivity index is 1.77. The van der Waals surface area contributed by atoms with Gasteiger partial charge in [0.05, 0.1) is 10.7 Å². The van der Waals surface area contributed by atoms with Crippen LogP contribution in [-0.4, -0.2) is 5.75 Å². The van der Waals surface area contributed by atoms with Crippen molar-refractivity contribution in [2.45, 2.75) is 115 Å². The molecule has 1 aromatic carbocycles. The SMILES string of the molecule is CCCCCCCCCCCCCCCCCCSc1ccc(Cl)c([NH])c1. The average Bonchev–Trinajstić information content (AvgIpc) is 2.67. The summed E-state index contributed by atoms with van der Waals surface area (Å²) in [5.74, 6) is 1.15. The van der Waals surface area contributed by atoms with Gasteiger partial charge >= 0.3 is 0 Å². The first-order valence-corrected chi connectivity index (χ1v) is 12.7. The Morgan fingerprint density at radius 3 is 1.59 bits per heavy atom. The molecule has 0 saturated heterocycles. The Kier molecular flexibility index (Phi) is 16.2. The van der Waals surface area contributed by atoms with E-state index >= 15 is 0 Å². The van der Waals surface area contributed by atoms with Crippen LogP contribution in [0.15, 0.2) is 23.1 Å². The van der Waals surface area contributed by atoms with E-state index in [1.807, 2.05) is 30.0 Å². The predicted octanol–water partition coefficient (Wildman–Crippen LogP) is 9.61. The largest absolute Gasteiger partial charge is 0.299 e. The molecule has 0 aliphatic rings. The zero-order valence-electron chi connectivity index (χ0n) is 17.5. The van der Waals surface area contributed by atoms with Crippen LogP contribution in [0.1, 0.15) is 110 Å². The molecule has 0 atom stereocenters. The lowest BCUT2D eigenvalue weighted by Gasteiger charge is -2.05. The van der Waals surface area contributed by atoms with Crippen molar-refractivity contribution in [3.05, 3.63) is 23.2 Å². The zero-order chi connectivity index (χ0) is 19.6.